The van der Waals surface area contributed by atoms with Gasteiger partial charge in [-0.3, -0.25) is 9.78 Å². The van der Waals surface area contributed by atoms with Gasteiger partial charge in [-0.05, 0) is 43.2 Å². The van der Waals surface area contributed by atoms with Gasteiger partial charge in [-0.2, -0.15) is 21.6 Å². The van der Waals surface area contributed by atoms with Gasteiger partial charge in [-0.15, -0.1) is 4.40 Å². The van der Waals surface area contributed by atoms with Crippen LogP contribution in [-0.2, 0) is 16.2 Å². The first kappa shape index (κ1) is 22.7. The molecule has 2 heterocycles. The van der Waals surface area contributed by atoms with Crippen molar-refractivity contribution in [1.29, 1.82) is 0 Å². The van der Waals surface area contributed by atoms with E-state index in [2.05, 4.69) is 14.7 Å². The van der Waals surface area contributed by atoms with Gasteiger partial charge in [0.2, 0.25) is 0 Å². The molecule has 31 heavy (non-hydrogen) atoms. The molecule has 0 radical (unpaired) electrons. The monoisotopic (exact) mass is 454 g/mol. The van der Waals surface area contributed by atoms with Crippen LogP contribution in [0, 0.1) is 0 Å². The summed E-state index contributed by atoms with van der Waals surface area (Å²) in [6.45, 7) is 0.728. The van der Waals surface area contributed by atoms with Crippen molar-refractivity contribution in [3.63, 3.8) is 0 Å². The van der Waals surface area contributed by atoms with Crippen LogP contribution < -0.4 is 5.32 Å². The van der Waals surface area contributed by atoms with E-state index in [0.717, 1.165) is 38.1 Å². The number of pyridine rings is 1. The van der Waals surface area contributed by atoms with Gasteiger partial charge in [-0.25, -0.2) is 0 Å². The number of benzene rings is 1. The number of rotatable bonds is 4. The Morgan fingerprint density at radius 1 is 1.16 bits per heavy atom. The fraction of sp³-hybridized carbons (Fsp3) is 0.350. The number of amides is 1. The minimum atomic E-state index is -4.61. The SMILES string of the molecule is CN1CCCCC/C1=N\S(=O)(=O)c1cccc(NC(=O)c2ccc(C(F)(F)F)nc2)c1. The number of alkyl halides is 3. The van der Waals surface area contributed by atoms with Crippen LogP contribution in [0.1, 0.15) is 41.7 Å². The normalized spacial score (nSPS) is 16.8. The Hall–Kier alpha value is -2.95. The van der Waals surface area contributed by atoms with Crippen LogP contribution in [0.3, 0.4) is 0 Å². The van der Waals surface area contributed by atoms with Gasteiger partial charge in [0, 0.05) is 31.9 Å². The Labute approximate surface area is 178 Å². The van der Waals surface area contributed by atoms with E-state index in [1.165, 1.54) is 24.3 Å². The summed E-state index contributed by atoms with van der Waals surface area (Å²) in [4.78, 5) is 17.3. The number of hydrogen-bond donors (Lipinski definition) is 1. The second-order valence-corrected chi connectivity index (χ2v) is 8.73. The van der Waals surface area contributed by atoms with Crippen LogP contribution in [0.15, 0.2) is 51.9 Å². The maximum atomic E-state index is 12.8. The van der Waals surface area contributed by atoms with Crippen LogP contribution in [0.2, 0.25) is 0 Å². The summed E-state index contributed by atoms with van der Waals surface area (Å²) >= 11 is 0. The first-order chi connectivity index (χ1) is 14.6. The first-order valence-electron chi connectivity index (χ1n) is 9.56. The Kier molecular flexibility index (Phi) is 6.63. The molecule has 2 aromatic rings. The highest BCUT2D eigenvalue weighted by atomic mass is 32.2. The number of sulfonamides is 1. The maximum absolute atomic E-state index is 12.8. The van der Waals surface area contributed by atoms with Crippen LogP contribution in [-0.4, -0.2) is 43.6 Å². The smallest absolute Gasteiger partial charge is 0.362 e. The third-order valence-electron chi connectivity index (χ3n) is 4.77. The summed E-state index contributed by atoms with van der Waals surface area (Å²) in [6, 6.07) is 7.25. The van der Waals surface area contributed by atoms with E-state index in [0.29, 0.717) is 18.3 Å². The lowest BCUT2D eigenvalue weighted by atomic mass is 10.2. The van der Waals surface area contributed by atoms with Crippen molar-refractivity contribution in [3.8, 4) is 0 Å². The molecule has 0 unspecified atom stereocenters. The average molecular weight is 454 g/mol. The molecular weight excluding hydrogens is 433 g/mol. The molecule has 1 aromatic carbocycles. The molecule has 1 saturated heterocycles. The zero-order chi connectivity index (χ0) is 22.6. The summed E-state index contributed by atoms with van der Waals surface area (Å²) in [6.07, 6.45) is -0.403. The second-order valence-electron chi connectivity index (χ2n) is 7.13. The van der Waals surface area contributed by atoms with Crippen molar-refractivity contribution in [2.75, 3.05) is 18.9 Å². The number of aromatic nitrogens is 1. The molecule has 1 fully saturated rings. The molecule has 0 bridgehead atoms. The van der Waals surface area contributed by atoms with E-state index in [1.807, 2.05) is 4.90 Å². The topological polar surface area (TPSA) is 91.7 Å². The van der Waals surface area contributed by atoms with Crippen LogP contribution in [0.4, 0.5) is 18.9 Å². The standard InChI is InChI=1S/C20H21F3N4O3S/c1-27-11-4-2-3-8-18(27)26-31(29,30)16-7-5-6-15(12-16)25-19(28)14-9-10-17(24-13-14)20(21,22)23/h5-7,9-10,12-13H,2-4,8,11H2,1H3,(H,25,28)/b26-18+. The largest absolute Gasteiger partial charge is 0.433 e. The molecule has 1 aromatic heterocycles. The molecule has 11 heteroatoms. The molecular formula is C20H21F3N4O3S. The Morgan fingerprint density at radius 2 is 1.94 bits per heavy atom. The number of hydrogen-bond acceptors (Lipinski definition) is 4. The highest BCUT2D eigenvalue weighted by Gasteiger charge is 2.32. The van der Waals surface area contributed by atoms with Gasteiger partial charge in [-0.1, -0.05) is 12.5 Å². The Bertz CT molecular complexity index is 1080. The molecule has 3 rings (SSSR count). The average Bonchev–Trinajstić information content (AvgIpc) is 2.91. The zero-order valence-corrected chi connectivity index (χ0v) is 17.5. The first-order valence-corrected chi connectivity index (χ1v) is 11.0. The summed E-state index contributed by atoms with van der Waals surface area (Å²) in [7, 11) is -2.20. The molecule has 1 amide bonds. The van der Waals surface area contributed by atoms with Crippen molar-refractivity contribution in [2.24, 2.45) is 4.40 Å². The van der Waals surface area contributed by atoms with Crippen molar-refractivity contribution < 1.29 is 26.4 Å². The van der Waals surface area contributed by atoms with Gasteiger partial charge >= 0.3 is 6.18 Å². The summed E-state index contributed by atoms with van der Waals surface area (Å²) < 4.78 is 67.3. The summed E-state index contributed by atoms with van der Waals surface area (Å²) in [5.74, 6) is -0.228. The molecule has 0 aliphatic carbocycles. The highest BCUT2D eigenvalue weighted by Crippen LogP contribution is 2.27. The molecule has 166 valence electrons. The predicted molar refractivity (Wildman–Crippen MR) is 109 cm³/mol. The Balaban J connectivity index is 1.79. The summed E-state index contributed by atoms with van der Waals surface area (Å²) in [5, 5.41) is 2.47. The van der Waals surface area contributed by atoms with E-state index < -0.39 is 27.8 Å². The van der Waals surface area contributed by atoms with Crippen LogP contribution >= 0.6 is 0 Å². The molecule has 0 spiro atoms. The lowest BCUT2D eigenvalue weighted by Crippen LogP contribution is -2.26. The third kappa shape index (κ3) is 5.81. The number of halogens is 3. The van der Waals surface area contributed by atoms with Gasteiger partial charge in [0.25, 0.3) is 15.9 Å². The van der Waals surface area contributed by atoms with Crippen molar-refractivity contribution in [3.05, 3.63) is 53.9 Å². The quantitative estimate of drug-likeness (QED) is 0.756. The van der Waals surface area contributed by atoms with Crippen molar-refractivity contribution >= 4 is 27.5 Å². The van der Waals surface area contributed by atoms with Crippen molar-refractivity contribution in [2.45, 2.75) is 36.8 Å². The number of likely N-dealkylation sites (tertiary alicyclic amines) is 1. The zero-order valence-electron chi connectivity index (χ0n) is 16.7. The van der Waals surface area contributed by atoms with Crippen LogP contribution in [0.5, 0.6) is 0 Å². The van der Waals surface area contributed by atoms with Gasteiger partial charge < -0.3 is 10.2 Å². The second kappa shape index (κ2) is 9.04. The lowest BCUT2D eigenvalue weighted by Gasteiger charge is -2.17. The highest BCUT2D eigenvalue weighted by molar-refractivity contribution is 7.90. The fourth-order valence-electron chi connectivity index (χ4n) is 3.07. The van der Waals surface area contributed by atoms with Crippen LogP contribution in [0.25, 0.3) is 0 Å². The molecule has 7 nitrogen and oxygen atoms in total. The van der Waals surface area contributed by atoms with Gasteiger partial charge in [0.15, 0.2) is 0 Å². The number of anilines is 1. The molecule has 1 N–H and O–H groups in total. The fourth-order valence-corrected chi connectivity index (χ4v) is 4.21. The number of nitrogens with zero attached hydrogens (tertiary/aromatic N) is 3. The van der Waals surface area contributed by atoms with Gasteiger partial charge in [0.1, 0.15) is 11.5 Å². The molecule has 0 atom stereocenters. The number of nitrogens with one attached hydrogen (secondary N) is 1. The molecule has 1 aliphatic rings. The molecule has 1 aliphatic heterocycles. The molecule has 0 saturated carbocycles. The minimum absolute atomic E-state index is 0.0958. The maximum Gasteiger partial charge on any atom is 0.433 e. The number of carbonyl (C=O) groups is 1. The van der Waals surface area contributed by atoms with E-state index in [4.69, 9.17) is 0 Å². The van der Waals surface area contributed by atoms with Gasteiger partial charge in [0.05, 0.1) is 10.5 Å². The number of carbonyl (C=O) groups excluding carboxylic acids is 1. The lowest BCUT2D eigenvalue weighted by molar-refractivity contribution is -0.141. The van der Waals surface area contributed by atoms with E-state index >= 15 is 0 Å². The summed E-state index contributed by atoms with van der Waals surface area (Å²) in [5.41, 5.74) is -1.04. The van der Waals surface area contributed by atoms with Crippen molar-refractivity contribution in [1.82, 2.24) is 9.88 Å². The van der Waals surface area contributed by atoms with E-state index in [9.17, 15) is 26.4 Å². The number of amidine groups is 1. The minimum Gasteiger partial charge on any atom is -0.362 e. The Morgan fingerprint density at radius 3 is 2.61 bits per heavy atom. The van der Waals surface area contributed by atoms with E-state index in [1.54, 1.807) is 7.05 Å². The van der Waals surface area contributed by atoms with E-state index in [-0.39, 0.29) is 16.1 Å². The predicted octanol–water partition coefficient (Wildman–Crippen LogP) is 3.95. The third-order valence-corrected chi connectivity index (χ3v) is 6.07.